The Bertz CT molecular complexity index is 516. The van der Waals surface area contributed by atoms with Crippen molar-refractivity contribution in [2.24, 2.45) is 47.3 Å². The van der Waals surface area contributed by atoms with Gasteiger partial charge in [0.05, 0.1) is 25.4 Å². The van der Waals surface area contributed by atoms with Crippen LogP contribution < -0.4 is 0 Å². The number of hydrogen-bond donors (Lipinski definition) is 0. The molecule has 6 rings (SSSR count). The summed E-state index contributed by atoms with van der Waals surface area (Å²) >= 11 is 0. The minimum Gasteiger partial charge on any atom is -0.376 e. The van der Waals surface area contributed by atoms with Gasteiger partial charge in [-0.3, -0.25) is 0 Å². The normalized spacial score (nSPS) is 55.7. The summed E-state index contributed by atoms with van der Waals surface area (Å²) in [4.78, 5) is 0. The Hall–Kier alpha value is -0.600. The monoisotopic (exact) mass is 326 g/mol. The van der Waals surface area contributed by atoms with Gasteiger partial charge in [-0.05, 0) is 85.9 Å². The maximum absolute atomic E-state index is 6.30. The molecule has 10 atom stereocenters. The lowest BCUT2D eigenvalue weighted by atomic mass is 9.80. The largest absolute Gasteiger partial charge is 0.376 e. The maximum Gasteiger partial charge on any atom is 0.0704 e. The molecule has 0 aromatic carbocycles. The van der Waals surface area contributed by atoms with Crippen molar-refractivity contribution < 1.29 is 9.47 Å². The minimum absolute atomic E-state index is 0.518. The molecule has 0 radical (unpaired) electrons. The lowest BCUT2D eigenvalue weighted by Crippen LogP contribution is -2.33. The van der Waals surface area contributed by atoms with Gasteiger partial charge in [-0.15, -0.1) is 0 Å². The van der Waals surface area contributed by atoms with Crippen molar-refractivity contribution in [2.45, 2.75) is 50.7 Å². The smallest absolute Gasteiger partial charge is 0.0704 e. The van der Waals surface area contributed by atoms with E-state index in [4.69, 9.17) is 9.47 Å². The van der Waals surface area contributed by atoms with Crippen LogP contribution in [0.1, 0.15) is 38.5 Å². The van der Waals surface area contributed by atoms with E-state index in [1.165, 1.54) is 38.5 Å². The van der Waals surface area contributed by atoms with Crippen LogP contribution in [0.5, 0.6) is 0 Å². The first-order valence-electron chi connectivity index (χ1n) is 10.4. The van der Waals surface area contributed by atoms with Gasteiger partial charge < -0.3 is 9.47 Å². The predicted molar refractivity (Wildman–Crippen MR) is 93.4 cm³/mol. The van der Waals surface area contributed by atoms with Gasteiger partial charge in [0.15, 0.2) is 0 Å². The highest BCUT2D eigenvalue weighted by molar-refractivity contribution is 5.15. The SMILES string of the molecule is C1=C[C@@H]2[C@H](C1)[C@@H]1C[C@@H]2[C@@H](OCCO[C@@H]2C[C@H]3C[C@H]2[C@H]2C=CC[C@@H]32)C1. The fraction of sp³-hybridized carbons (Fsp3) is 0.818. The van der Waals surface area contributed by atoms with Crippen LogP contribution in [0.4, 0.5) is 0 Å². The molecule has 24 heavy (non-hydrogen) atoms. The quantitative estimate of drug-likeness (QED) is 0.556. The average molecular weight is 326 g/mol. The standard InChI is InChI=1S/C22H30O2/c1-3-15-13-9-19(17(15)5-1)21(11-13)23-7-8-24-22-12-14-10-20(22)18-6-2-4-16(14)18/h1-2,5-6,13-22H,3-4,7-12H2/t13-,14-,15-,16+,17-,18+,19+,20+,21+,22-/m1/s1. The zero-order valence-electron chi connectivity index (χ0n) is 14.6. The summed E-state index contributed by atoms with van der Waals surface area (Å²) in [6.07, 6.45) is 19.0. The number of ether oxygens (including phenoxy) is 2. The van der Waals surface area contributed by atoms with Crippen molar-refractivity contribution in [3.05, 3.63) is 24.3 Å². The molecule has 2 nitrogen and oxygen atoms in total. The Morgan fingerprint density at radius 3 is 1.62 bits per heavy atom. The van der Waals surface area contributed by atoms with Crippen LogP contribution in [0.15, 0.2) is 24.3 Å². The second kappa shape index (κ2) is 5.45. The van der Waals surface area contributed by atoms with Gasteiger partial charge >= 0.3 is 0 Å². The second-order valence-electron chi connectivity index (χ2n) is 9.42. The summed E-state index contributed by atoms with van der Waals surface area (Å²) in [6.45, 7) is 1.62. The molecule has 4 bridgehead atoms. The fourth-order valence-electron chi connectivity index (χ4n) is 7.75. The summed E-state index contributed by atoms with van der Waals surface area (Å²) < 4.78 is 12.6. The van der Waals surface area contributed by atoms with Crippen LogP contribution in [0.2, 0.25) is 0 Å². The van der Waals surface area contributed by atoms with Crippen LogP contribution in [0, 0.1) is 47.3 Å². The lowest BCUT2D eigenvalue weighted by Gasteiger charge is -2.32. The van der Waals surface area contributed by atoms with Crippen molar-refractivity contribution in [1.82, 2.24) is 0 Å². The zero-order chi connectivity index (χ0) is 15.7. The van der Waals surface area contributed by atoms with Crippen LogP contribution in [0.25, 0.3) is 0 Å². The summed E-state index contributed by atoms with van der Waals surface area (Å²) in [5.74, 6) is 7.11. The van der Waals surface area contributed by atoms with E-state index < -0.39 is 0 Å². The second-order valence-corrected chi connectivity index (χ2v) is 9.42. The Morgan fingerprint density at radius 2 is 1.12 bits per heavy atom. The molecule has 4 fully saturated rings. The first-order chi connectivity index (χ1) is 11.9. The minimum atomic E-state index is 0.518. The Morgan fingerprint density at radius 1 is 0.625 bits per heavy atom. The van der Waals surface area contributed by atoms with Gasteiger partial charge in [0.1, 0.15) is 0 Å². The molecule has 0 saturated heterocycles. The summed E-state index contributed by atoms with van der Waals surface area (Å²) in [5, 5.41) is 0. The lowest BCUT2D eigenvalue weighted by molar-refractivity contribution is -0.0642. The van der Waals surface area contributed by atoms with Gasteiger partial charge in [0.25, 0.3) is 0 Å². The highest BCUT2D eigenvalue weighted by atomic mass is 16.5. The topological polar surface area (TPSA) is 18.5 Å². The van der Waals surface area contributed by atoms with Crippen LogP contribution >= 0.6 is 0 Å². The van der Waals surface area contributed by atoms with Gasteiger partial charge in [-0.25, -0.2) is 0 Å². The molecule has 130 valence electrons. The Balaban J connectivity index is 0.986. The van der Waals surface area contributed by atoms with Crippen molar-refractivity contribution >= 4 is 0 Å². The molecule has 0 N–H and O–H groups in total. The van der Waals surface area contributed by atoms with E-state index in [9.17, 15) is 0 Å². The van der Waals surface area contributed by atoms with Gasteiger partial charge in [0, 0.05) is 0 Å². The molecule has 4 saturated carbocycles. The molecule has 0 aromatic heterocycles. The molecule has 2 heteroatoms. The van der Waals surface area contributed by atoms with Crippen LogP contribution in [0.3, 0.4) is 0 Å². The van der Waals surface area contributed by atoms with Crippen molar-refractivity contribution in [3.63, 3.8) is 0 Å². The molecule has 0 aliphatic heterocycles. The molecule has 0 heterocycles. The van der Waals surface area contributed by atoms with E-state index in [1.54, 1.807) is 0 Å². The van der Waals surface area contributed by atoms with E-state index >= 15 is 0 Å². The molecule has 0 aromatic rings. The molecule has 6 aliphatic carbocycles. The van der Waals surface area contributed by atoms with Crippen molar-refractivity contribution in [1.29, 1.82) is 0 Å². The summed E-state index contributed by atoms with van der Waals surface area (Å²) in [5.41, 5.74) is 0. The molecule has 6 aliphatic rings. The highest BCUT2D eigenvalue weighted by Crippen LogP contribution is 2.58. The van der Waals surface area contributed by atoms with E-state index in [1.807, 2.05) is 0 Å². The van der Waals surface area contributed by atoms with E-state index in [-0.39, 0.29) is 0 Å². The Labute approximate surface area is 145 Å². The first kappa shape index (κ1) is 14.6. The fourth-order valence-corrected chi connectivity index (χ4v) is 7.75. The van der Waals surface area contributed by atoms with Gasteiger partial charge in [-0.1, -0.05) is 24.3 Å². The zero-order valence-corrected chi connectivity index (χ0v) is 14.6. The number of fused-ring (bicyclic) bond motifs is 10. The number of hydrogen-bond acceptors (Lipinski definition) is 2. The predicted octanol–water partition coefficient (Wildman–Crippen LogP) is 4.22. The number of rotatable bonds is 5. The average Bonchev–Trinajstić information content (AvgIpc) is 3.40. The van der Waals surface area contributed by atoms with Crippen molar-refractivity contribution in [3.8, 4) is 0 Å². The summed E-state index contributed by atoms with van der Waals surface area (Å²) in [6, 6.07) is 0. The summed E-state index contributed by atoms with van der Waals surface area (Å²) in [7, 11) is 0. The molecule has 0 spiro atoms. The maximum atomic E-state index is 6.30. The van der Waals surface area contributed by atoms with Gasteiger partial charge in [-0.2, -0.15) is 0 Å². The Kier molecular flexibility index (Phi) is 3.30. The van der Waals surface area contributed by atoms with Crippen molar-refractivity contribution in [2.75, 3.05) is 13.2 Å². The third-order valence-corrected chi connectivity index (χ3v) is 8.64. The van der Waals surface area contributed by atoms with Crippen LogP contribution in [-0.2, 0) is 9.47 Å². The number of allylic oxidation sites excluding steroid dienone is 4. The third-order valence-electron chi connectivity index (χ3n) is 8.64. The molecular formula is C22H30O2. The molecule has 0 unspecified atom stereocenters. The highest BCUT2D eigenvalue weighted by Gasteiger charge is 2.54. The van der Waals surface area contributed by atoms with E-state index in [2.05, 4.69) is 24.3 Å². The molecule has 0 amide bonds. The third kappa shape index (κ3) is 2.02. The van der Waals surface area contributed by atoms with E-state index in [0.29, 0.717) is 12.2 Å². The van der Waals surface area contributed by atoms with Gasteiger partial charge in [0.2, 0.25) is 0 Å². The first-order valence-corrected chi connectivity index (χ1v) is 10.4. The van der Waals surface area contributed by atoms with Crippen LogP contribution in [-0.4, -0.2) is 25.4 Å². The molecular weight excluding hydrogens is 296 g/mol. The van der Waals surface area contributed by atoms with E-state index in [0.717, 1.165) is 60.6 Å².